The van der Waals surface area contributed by atoms with Crippen LogP contribution in [0.1, 0.15) is 54.6 Å². The maximum Gasteiger partial charge on any atom is 0.314 e. The minimum absolute atomic E-state index is 0.0296. The lowest BCUT2D eigenvalue weighted by Gasteiger charge is -2.21. The summed E-state index contributed by atoms with van der Waals surface area (Å²) in [5, 5.41) is 0. The van der Waals surface area contributed by atoms with Crippen LogP contribution in [0.25, 0.3) is 0 Å². The molecule has 166 valence electrons. The van der Waals surface area contributed by atoms with Gasteiger partial charge in [-0.3, -0.25) is 13.9 Å². The van der Waals surface area contributed by atoms with Gasteiger partial charge in [-0.05, 0) is 48.6 Å². The van der Waals surface area contributed by atoms with Crippen LogP contribution < -0.4 is 4.31 Å². The van der Waals surface area contributed by atoms with E-state index in [-0.39, 0.29) is 24.1 Å². The van der Waals surface area contributed by atoms with Gasteiger partial charge in [0, 0.05) is 12.1 Å². The molecular weight excluding hydrogens is 414 g/mol. The van der Waals surface area contributed by atoms with Crippen molar-refractivity contribution in [3.05, 3.63) is 65.2 Å². The average Bonchev–Trinajstić information content (AvgIpc) is 3.22. The van der Waals surface area contributed by atoms with Gasteiger partial charge in [-0.2, -0.15) is 0 Å². The highest BCUT2D eigenvalue weighted by molar-refractivity contribution is 7.92. The van der Waals surface area contributed by atoms with Crippen LogP contribution in [0.15, 0.2) is 48.5 Å². The van der Waals surface area contributed by atoms with E-state index >= 15 is 0 Å². The van der Waals surface area contributed by atoms with E-state index < -0.39 is 21.9 Å². The van der Waals surface area contributed by atoms with E-state index in [1.165, 1.54) is 4.31 Å². The Balaban J connectivity index is 1.70. The molecular formula is C24H29NO5S. The summed E-state index contributed by atoms with van der Waals surface area (Å²) in [7, 11) is -3.33. The Morgan fingerprint density at radius 2 is 1.81 bits per heavy atom. The number of esters is 1. The van der Waals surface area contributed by atoms with Crippen LogP contribution in [0.2, 0.25) is 0 Å². The molecule has 6 nitrogen and oxygen atoms in total. The summed E-state index contributed by atoms with van der Waals surface area (Å²) in [6, 6.07) is 14.4. The molecule has 0 spiro atoms. The molecule has 0 amide bonds. The molecule has 7 heteroatoms. The third-order valence-corrected chi connectivity index (χ3v) is 7.71. The standard InChI is InChI=1S/C24H29NO5S/c1-4-17(3)23(18-9-7-6-8-10-18)24(27)30-16-22(26)20-11-12-21-19(15-20)13-14-25(21)31(28,29)5-2/h6-12,15,17,23H,4-5,13-14,16H2,1-3H3. The van der Waals surface area contributed by atoms with Crippen molar-refractivity contribution in [2.24, 2.45) is 5.92 Å². The summed E-state index contributed by atoms with van der Waals surface area (Å²) >= 11 is 0. The predicted molar refractivity (Wildman–Crippen MR) is 121 cm³/mol. The van der Waals surface area contributed by atoms with Gasteiger partial charge in [0.05, 0.1) is 17.4 Å². The highest BCUT2D eigenvalue weighted by Gasteiger charge is 2.30. The summed E-state index contributed by atoms with van der Waals surface area (Å²) in [6.45, 7) is 5.67. The quantitative estimate of drug-likeness (QED) is 0.433. The number of ether oxygens (including phenoxy) is 1. The fraction of sp³-hybridized carbons (Fsp3) is 0.417. The maximum absolute atomic E-state index is 12.8. The molecule has 2 aromatic rings. The zero-order chi connectivity index (χ0) is 22.6. The van der Waals surface area contributed by atoms with Crippen molar-refractivity contribution >= 4 is 27.5 Å². The zero-order valence-corrected chi connectivity index (χ0v) is 19.0. The van der Waals surface area contributed by atoms with Crippen molar-refractivity contribution in [3.8, 4) is 0 Å². The largest absolute Gasteiger partial charge is 0.457 e. The number of anilines is 1. The highest BCUT2D eigenvalue weighted by atomic mass is 32.2. The van der Waals surface area contributed by atoms with Gasteiger partial charge in [-0.1, -0.05) is 50.6 Å². The van der Waals surface area contributed by atoms with E-state index in [2.05, 4.69) is 0 Å². The van der Waals surface area contributed by atoms with Crippen LogP contribution in [0, 0.1) is 5.92 Å². The Bertz CT molecular complexity index is 1050. The highest BCUT2D eigenvalue weighted by Crippen LogP contribution is 2.32. The Hall–Kier alpha value is -2.67. The lowest BCUT2D eigenvalue weighted by Crippen LogP contribution is -2.30. The van der Waals surface area contributed by atoms with Gasteiger partial charge < -0.3 is 4.74 Å². The number of fused-ring (bicyclic) bond motifs is 1. The van der Waals surface area contributed by atoms with E-state index in [0.29, 0.717) is 24.2 Å². The second-order valence-electron chi connectivity index (χ2n) is 7.87. The SMILES string of the molecule is CCC(C)C(C(=O)OCC(=O)c1ccc2c(c1)CCN2S(=O)(=O)CC)c1ccccc1. The van der Waals surface area contributed by atoms with Crippen molar-refractivity contribution in [3.63, 3.8) is 0 Å². The topological polar surface area (TPSA) is 80.8 Å². The fourth-order valence-corrected chi connectivity index (χ4v) is 5.05. The van der Waals surface area contributed by atoms with Crippen LogP contribution in [0.3, 0.4) is 0 Å². The van der Waals surface area contributed by atoms with E-state index in [4.69, 9.17) is 4.74 Å². The van der Waals surface area contributed by atoms with Gasteiger partial charge in [0.15, 0.2) is 12.4 Å². The molecule has 2 atom stereocenters. The van der Waals surface area contributed by atoms with E-state index in [9.17, 15) is 18.0 Å². The Morgan fingerprint density at radius 3 is 2.45 bits per heavy atom. The molecule has 0 aliphatic carbocycles. The number of benzene rings is 2. The Kier molecular flexibility index (Phi) is 7.15. The number of hydrogen-bond acceptors (Lipinski definition) is 5. The molecule has 3 rings (SSSR count). The van der Waals surface area contributed by atoms with Crippen LogP contribution in [0.4, 0.5) is 5.69 Å². The molecule has 0 saturated carbocycles. The number of ketones is 1. The van der Waals surface area contributed by atoms with E-state index in [0.717, 1.165) is 17.5 Å². The number of rotatable bonds is 9. The molecule has 0 aromatic heterocycles. The molecule has 2 aromatic carbocycles. The lowest BCUT2D eigenvalue weighted by atomic mass is 9.85. The second kappa shape index (κ2) is 9.64. The van der Waals surface area contributed by atoms with Crippen molar-refractivity contribution in [1.82, 2.24) is 0 Å². The number of Topliss-reactive ketones (excluding diaryl/α,β-unsaturated/α-hetero) is 1. The zero-order valence-electron chi connectivity index (χ0n) is 18.2. The third-order valence-electron chi connectivity index (χ3n) is 5.93. The van der Waals surface area contributed by atoms with E-state index in [1.54, 1.807) is 25.1 Å². The minimum Gasteiger partial charge on any atom is -0.457 e. The molecule has 0 fully saturated rings. The molecule has 1 aliphatic rings. The molecule has 0 bridgehead atoms. The number of hydrogen-bond donors (Lipinski definition) is 0. The maximum atomic E-state index is 12.8. The molecule has 0 saturated heterocycles. The summed E-state index contributed by atoms with van der Waals surface area (Å²) in [5.74, 6) is -1.02. The number of carbonyl (C=O) groups is 2. The van der Waals surface area contributed by atoms with Gasteiger partial charge in [0.1, 0.15) is 0 Å². The first-order chi connectivity index (χ1) is 14.8. The summed E-state index contributed by atoms with van der Waals surface area (Å²) in [6.07, 6.45) is 1.37. The minimum atomic E-state index is -3.33. The summed E-state index contributed by atoms with van der Waals surface area (Å²) in [5.41, 5.74) is 2.73. The van der Waals surface area contributed by atoms with Crippen molar-refractivity contribution in [2.45, 2.75) is 39.5 Å². The first-order valence-corrected chi connectivity index (χ1v) is 12.3. The smallest absolute Gasteiger partial charge is 0.314 e. The van der Waals surface area contributed by atoms with Crippen molar-refractivity contribution in [1.29, 1.82) is 0 Å². The van der Waals surface area contributed by atoms with Crippen LogP contribution in [0.5, 0.6) is 0 Å². The van der Waals surface area contributed by atoms with Gasteiger partial charge >= 0.3 is 5.97 Å². The van der Waals surface area contributed by atoms with Gasteiger partial charge in [0.25, 0.3) is 0 Å². The Morgan fingerprint density at radius 1 is 1.10 bits per heavy atom. The first kappa shape index (κ1) is 23.0. The number of sulfonamides is 1. The molecule has 2 unspecified atom stereocenters. The van der Waals surface area contributed by atoms with Crippen LogP contribution in [-0.2, 0) is 26.0 Å². The molecule has 1 heterocycles. The van der Waals surface area contributed by atoms with E-state index in [1.807, 2.05) is 44.2 Å². The predicted octanol–water partition coefficient (Wildman–Crippen LogP) is 3.95. The van der Waals surface area contributed by atoms with Crippen molar-refractivity contribution in [2.75, 3.05) is 23.2 Å². The van der Waals surface area contributed by atoms with Crippen LogP contribution in [-0.4, -0.2) is 39.1 Å². The van der Waals surface area contributed by atoms with Crippen molar-refractivity contribution < 1.29 is 22.7 Å². The molecule has 0 radical (unpaired) electrons. The van der Waals surface area contributed by atoms with Gasteiger partial charge in [-0.25, -0.2) is 8.42 Å². The number of nitrogens with zero attached hydrogens (tertiary/aromatic N) is 1. The monoisotopic (exact) mass is 443 g/mol. The fourth-order valence-electron chi connectivity index (χ4n) is 3.89. The lowest BCUT2D eigenvalue weighted by molar-refractivity contribution is -0.145. The summed E-state index contributed by atoms with van der Waals surface area (Å²) < 4.78 is 31.3. The average molecular weight is 444 g/mol. The molecule has 31 heavy (non-hydrogen) atoms. The first-order valence-electron chi connectivity index (χ1n) is 10.7. The number of carbonyl (C=O) groups excluding carboxylic acids is 2. The van der Waals surface area contributed by atoms with Gasteiger partial charge in [0.2, 0.25) is 10.0 Å². The second-order valence-corrected chi connectivity index (χ2v) is 10.1. The Labute approximate surface area is 184 Å². The molecule has 0 N–H and O–H groups in total. The third kappa shape index (κ3) is 4.98. The molecule has 1 aliphatic heterocycles. The normalized spacial score (nSPS) is 15.3. The van der Waals surface area contributed by atoms with Crippen LogP contribution >= 0.6 is 0 Å². The van der Waals surface area contributed by atoms with Gasteiger partial charge in [-0.15, -0.1) is 0 Å². The summed E-state index contributed by atoms with van der Waals surface area (Å²) in [4.78, 5) is 25.5.